The van der Waals surface area contributed by atoms with Crippen LogP contribution in [0.1, 0.15) is 45.4 Å². The molecule has 2 nitrogen and oxygen atoms in total. The van der Waals surface area contributed by atoms with Crippen molar-refractivity contribution in [3.8, 4) is 0 Å². The minimum Gasteiger partial charge on any atom is -0.375 e. The number of hydrogen-bond acceptors (Lipinski definition) is 3. The third kappa shape index (κ3) is 2.89. The van der Waals surface area contributed by atoms with E-state index in [0.29, 0.717) is 5.25 Å². The highest BCUT2D eigenvalue weighted by Gasteiger charge is 2.40. The lowest BCUT2D eigenvalue weighted by Crippen LogP contribution is -2.39. The minimum atomic E-state index is 0.268. The molecule has 0 aromatic rings. The Bertz CT molecular complexity index is 204. The van der Waals surface area contributed by atoms with Crippen LogP contribution in [0.25, 0.3) is 0 Å². The van der Waals surface area contributed by atoms with Crippen LogP contribution in [0.15, 0.2) is 0 Å². The minimum absolute atomic E-state index is 0.268. The molecule has 2 unspecified atom stereocenters. The summed E-state index contributed by atoms with van der Waals surface area (Å²) in [4.78, 5) is 0. The van der Waals surface area contributed by atoms with Crippen LogP contribution in [0.4, 0.5) is 0 Å². The molecule has 2 rings (SSSR count). The first-order valence-electron chi connectivity index (χ1n) is 6.24. The average Bonchev–Trinajstić information content (AvgIpc) is 2.66. The van der Waals surface area contributed by atoms with E-state index in [-0.39, 0.29) is 5.60 Å². The Labute approximate surface area is 97.3 Å². The summed E-state index contributed by atoms with van der Waals surface area (Å²) in [5.74, 6) is 0. The third-order valence-corrected chi connectivity index (χ3v) is 5.16. The molecule has 15 heavy (non-hydrogen) atoms. The molecule has 1 saturated carbocycles. The Hall–Kier alpha value is 0.270. The lowest BCUT2D eigenvalue weighted by molar-refractivity contribution is -0.0704. The summed E-state index contributed by atoms with van der Waals surface area (Å²) in [7, 11) is 0. The van der Waals surface area contributed by atoms with Crippen molar-refractivity contribution in [2.75, 3.05) is 13.2 Å². The van der Waals surface area contributed by atoms with E-state index < -0.39 is 0 Å². The van der Waals surface area contributed by atoms with Gasteiger partial charge in [-0.05, 0) is 25.7 Å². The Morgan fingerprint density at radius 2 is 2.20 bits per heavy atom. The topological polar surface area (TPSA) is 35.2 Å². The lowest BCUT2D eigenvalue weighted by atomic mass is 9.92. The van der Waals surface area contributed by atoms with Crippen LogP contribution in [0, 0.1) is 0 Å². The summed E-state index contributed by atoms with van der Waals surface area (Å²) in [5, 5.41) is 1.39. The van der Waals surface area contributed by atoms with Crippen LogP contribution in [-0.4, -0.2) is 29.3 Å². The van der Waals surface area contributed by atoms with Crippen LogP contribution in [-0.2, 0) is 4.74 Å². The van der Waals surface area contributed by atoms with Gasteiger partial charge in [-0.15, -0.1) is 0 Å². The molecule has 1 saturated heterocycles. The Kier molecular flexibility index (Phi) is 3.97. The molecule has 88 valence electrons. The molecule has 2 aliphatic rings. The first kappa shape index (κ1) is 11.7. The van der Waals surface area contributed by atoms with Crippen molar-refractivity contribution in [2.24, 2.45) is 5.73 Å². The summed E-state index contributed by atoms with van der Waals surface area (Å²) in [6.07, 6.45) is 7.80. The molecule has 3 heteroatoms. The number of rotatable bonds is 3. The van der Waals surface area contributed by atoms with Crippen molar-refractivity contribution < 1.29 is 4.74 Å². The van der Waals surface area contributed by atoms with Gasteiger partial charge < -0.3 is 10.5 Å². The number of thioether (sulfide) groups is 1. The SMILES string of the molecule is CC(CN)SC1CCOC2(CCCC2)C1. The fraction of sp³-hybridized carbons (Fsp3) is 1.00. The second-order valence-electron chi connectivity index (χ2n) is 5.04. The molecule has 0 bridgehead atoms. The zero-order chi connectivity index (χ0) is 10.7. The summed E-state index contributed by atoms with van der Waals surface area (Å²) >= 11 is 2.08. The van der Waals surface area contributed by atoms with E-state index in [1.807, 2.05) is 0 Å². The Morgan fingerprint density at radius 3 is 2.87 bits per heavy atom. The smallest absolute Gasteiger partial charge is 0.0693 e. The molecule has 0 aromatic carbocycles. The van der Waals surface area contributed by atoms with Crippen LogP contribution in [0.2, 0.25) is 0 Å². The molecule has 0 amide bonds. The van der Waals surface area contributed by atoms with Crippen molar-refractivity contribution in [3.05, 3.63) is 0 Å². The monoisotopic (exact) mass is 229 g/mol. The van der Waals surface area contributed by atoms with E-state index in [1.165, 1.54) is 38.5 Å². The van der Waals surface area contributed by atoms with Crippen molar-refractivity contribution in [1.29, 1.82) is 0 Å². The number of ether oxygens (including phenoxy) is 1. The molecular formula is C12H23NOS. The van der Waals surface area contributed by atoms with Crippen LogP contribution in [0.3, 0.4) is 0 Å². The zero-order valence-electron chi connectivity index (χ0n) is 9.71. The molecule has 2 fully saturated rings. The van der Waals surface area contributed by atoms with Gasteiger partial charge in [-0.2, -0.15) is 11.8 Å². The van der Waals surface area contributed by atoms with Gasteiger partial charge in [0.05, 0.1) is 5.60 Å². The van der Waals surface area contributed by atoms with E-state index in [9.17, 15) is 0 Å². The maximum Gasteiger partial charge on any atom is 0.0693 e. The maximum absolute atomic E-state index is 6.03. The third-order valence-electron chi connectivity index (χ3n) is 3.72. The molecule has 2 atom stereocenters. The van der Waals surface area contributed by atoms with E-state index in [1.54, 1.807) is 0 Å². The van der Waals surface area contributed by atoms with Crippen molar-refractivity contribution in [2.45, 2.75) is 61.5 Å². The molecule has 0 radical (unpaired) electrons. The highest BCUT2D eigenvalue weighted by atomic mass is 32.2. The largest absolute Gasteiger partial charge is 0.375 e. The molecule has 1 aliphatic carbocycles. The summed E-state index contributed by atoms with van der Waals surface area (Å²) in [6, 6.07) is 0. The van der Waals surface area contributed by atoms with E-state index in [0.717, 1.165) is 18.4 Å². The van der Waals surface area contributed by atoms with Gasteiger partial charge in [0.1, 0.15) is 0 Å². The van der Waals surface area contributed by atoms with Crippen molar-refractivity contribution >= 4 is 11.8 Å². The Morgan fingerprint density at radius 1 is 1.47 bits per heavy atom. The average molecular weight is 229 g/mol. The number of nitrogens with two attached hydrogens (primary N) is 1. The van der Waals surface area contributed by atoms with Gasteiger partial charge in [-0.1, -0.05) is 19.8 Å². The maximum atomic E-state index is 6.03. The lowest BCUT2D eigenvalue weighted by Gasteiger charge is -2.38. The predicted octanol–water partition coefficient (Wildman–Crippen LogP) is 2.56. The van der Waals surface area contributed by atoms with Gasteiger partial charge in [-0.3, -0.25) is 0 Å². The first-order chi connectivity index (χ1) is 7.24. The van der Waals surface area contributed by atoms with Crippen LogP contribution >= 0.6 is 11.8 Å². The van der Waals surface area contributed by atoms with E-state index in [4.69, 9.17) is 10.5 Å². The molecular weight excluding hydrogens is 206 g/mol. The normalized spacial score (nSPS) is 32.0. The van der Waals surface area contributed by atoms with Gasteiger partial charge in [0.2, 0.25) is 0 Å². The molecule has 1 spiro atoms. The van der Waals surface area contributed by atoms with Crippen LogP contribution < -0.4 is 5.73 Å². The molecule has 1 heterocycles. The van der Waals surface area contributed by atoms with Gasteiger partial charge in [0, 0.05) is 23.7 Å². The van der Waals surface area contributed by atoms with Crippen molar-refractivity contribution in [3.63, 3.8) is 0 Å². The number of hydrogen-bond donors (Lipinski definition) is 1. The fourth-order valence-electron chi connectivity index (χ4n) is 2.85. The summed E-state index contributed by atoms with van der Waals surface area (Å²) < 4.78 is 6.03. The van der Waals surface area contributed by atoms with Crippen LogP contribution in [0.5, 0.6) is 0 Å². The molecule has 0 aromatic heterocycles. The van der Waals surface area contributed by atoms with Gasteiger partial charge in [0.15, 0.2) is 0 Å². The molecule has 2 N–H and O–H groups in total. The van der Waals surface area contributed by atoms with E-state index >= 15 is 0 Å². The highest BCUT2D eigenvalue weighted by molar-refractivity contribution is 8.00. The zero-order valence-corrected chi connectivity index (χ0v) is 10.5. The van der Waals surface area contributed by atoms with Gasteiger partial charge in [-0.25, -0.2) is 0 Å². The highest BCUT2D eigenvalue weighted by Crippen LogP contribution is 2.43. The predicted molar refractivity (Wildman–Crippen MR) is 66.3 cm³/mol. The van der Waals surface area contributed by atoms with E-state index in [2.05, 4.69) is 18.7 Å². The van der Waals surface area contributed by atoms with Gasteiger partial charge >= 0.3 is 0 Å². The quantitative estimate of drug-likeness (QED) is 0.808. The molecule has 1 aliphatic heterocycles. The fourth-order valence-corrected chi connectivity index (χ4v) is 4.25. The Balaban J connectivity index is 1.86. The first-order valence-corrected chi connectivity index (χ1v) is 7.18. The summed E-state index contributed by atoms with van der Waals surface area (Å²) in [5.41, 5.74) is 5.95. The standard InChI is InChI=1S/C12H23NOS/c1-10(9-13)15-11-4-7-14-12(8-11)5-2-3-6-12/h10-11H,2-9,13H2,1H3. The summed E-state index contributed by atoms with van der Waals surface area (Å²) in [6.45, 7) is 4.01. The van der Waals surface area contributed by atoms with Gasteiger partial charge in [0.25, 0.3) is 0 Å². The second-order valence-corrected chi connectivity index (χ2v) is 6.78. The second kappa shape index (κ2) is 5.07. The van der Waals surface area contributed by atoms with Crippen molar-refractivity contribution in [1.82, 2.24) is 0 Å².